The first kappa shape index (κ1) is 14.5. The molecule has 1 unspecified atom stereocenters. The lowest BCUT2D eigenvalue weighted by Crippen LogP contribution is -2.35. The zero-order chi connectivity index (χ0) is 13.7. The van der Waals surface area contributed by atoms with E-state index in [9.17, 15) is 8.42 Å². The minimum atomic E-state index is -2.99. The highest BCUT2D eigenvalue weighted by Gasteiger charge is 2.17. The molecule has 4 heteroatoms. The Hall–Kier alpha value is -0.870. The van der Waals surface area contributed by atoms with Crippen molar-refractivity contribution in [2.24, 2.45) is 0 Å². The molecular weight excluding hydrogens is 258 g/mol. The zero-order valence-electron chi connectivity index (χ0n) is 11.6. The molecule has 3 nitrogen and oxygen atoms in total. The third-order valence-corrected chi connectivity index (χ3v) is 5.33. The number of benzene rings is 1. The Kier molecular flexibility index (Phi) is 4.99. The Labute approximate surface area is 116 Å². The van der Waals surface area contributed by atoms with Gasteiger partial charge >= 0.3 is 0 Å². The van der Waals surface area contributed by atoms with Crippen molar-refractivity contribution in [1.82, 2.24) is 5.32 Å². The molecule has 0 bridgehead atoms. The molecule has 0 radical (unpaired) electrons. The quantitative estimate of drug-likeness (QED) is 0.901. The predicted octanol–water partition coefficient (Wildman–Crippen LogP) is 2.44. The number of nitrogens with one attached hydrogen (secondary N) is 1. The summed E-state index contributed by atoms with van der Waals surface area (Å²) in [6, 6.07) is 8.14. The highest BCUT2D eigenvalue weighted by molar-refractivity contribution is 7.90. The second-order valence-electron chi connectivity index (χ2n) is 5.51. The summed E-state index contributed by atoms with van der Waals surface area (Å²) in [6.07, 6.45) is 4.29. The van der Waals surface area contributed by atoms with Crippen LogP contribution in [-0.4, -0.2) is 26.8 Å². The van der Waals surface area contributed by atoms with Crippen molar-refractivity contribution in [1.29, 1.82) is 0 Å². The molecule has 19 heavy (non-hydrogen) atoms. The second-order valence-corrected chi connectivity index (χ2v) is 7.70. The van der Waals surface area contributed by atoms with Gasteiger partial charge in [0.05, 0.1) is 11.5 Å². The molecule has 1 aromatic carbocycles. The molecule has 0 aromatic heterocycles. The minimum Gasteiger partial charge on any atom is -0.314 e. The standard InChI is InChI=1S/C15H23NO2S/c1-13-5-7-14(8-6-13)12-19(17,18)11-9-15-4-2-3-10-16-15/h5-8,15-16H,2-4,9-12H2,1H3. The fraction of sp³-hybridized carbons (Fsp3) is 0.600. The van der Waals surface area contributed by atoms with Gasteiger partial charge in [-0.15, -0.1) is 0 Å². The molecule has 0 aliphatic carbocycles. The summed E-state index contributed by atoms with van der Waals surface area (Å²) < 4.78 is 24.2. The van der Waals surface area contributed by atoms with Crippen LogP contribution >= 0.6 is 0 Å². The lowest BCUT2D eigenvalue weighted by atomic mass is 10.0. The van der Waals surface area contributed by atoms with Gasteiger partial charge in [0.1, 0.15) is 0 Å². The van der Waals surface area contributed by atoms with Crippen LogP contribution < -0.4 is 5.32 Å². The molecular formula is C15H23NO2S. The van der Waals surface area contributed by atoms with Crippen molar-refractivity contribution in [2.75, 3.05) is 12.3 Å². The van der Waals surface area contributed by atoms with E-state index in [4.69, 9.17) is 0 Å². The van der Waals surface area contributed by atoms with E-state index in [0.29, 0.717) is 11.8 Å². The highest BCUT2D eigenvalue weighted by Crippen LogP contribution is 2.14. The Morgan fingerprint density at radius 2 is 1.95 bits per heavy atom. The molecule has 1 aromatic rings. The van der Waals surface area contributed by atoms with Crippen molar-refractivity contribution >= 4 is 9.84 Å². The van der Waals surface area contributed by atoms with Gasteiger partial charge in [0.25, 0.3) is 0 Å². The maximum atomic E-state index is 12.1. The van der Waals surface area contributed by atoms with Crippen LogP contribution in [0.1, 0.15) is 36.8 Å². The monoisotopic (exact) mass is 281 g/mol. The van der Waals surface area contributed by atoms with Gasteiger partial charge in [0.15, 0.2) is 9.84 Å². The van der Waals surface area contributed by atoms with Gasteiger partial charge < -0.3 is 5.32 Å². The lowest BCUT2D eigenvalue weighted by molar-refractivity contribution is 0.392. The minimum absolute atomic E-state index is 0.167. The Morgan fingerprint density at radius 1 is 1.21 bits per heavy atom. The number of piperidine rings is 1. The number of hydrogen-bond acceptors (Lipinski definition) is 3. The molecule has 1 saturated heterocycles. The Balaban J connectivity index is 1.85. The van der Waals surface area contributed by atoms with E-state index in [1.54, 1.807) is 0 Å². The first-order chi connectivity index (χ1) is 9.05. The van der Waals surface area contributed by atoms with Crippen LogP contribution in [0.4, 0.5) is 0 Å². The third-order valence-electron chi connectivity index (χ3n) is 3.70. The zero-order valence-corrected chi connectivity index (χ0v) is 12.4. The summed E-state index contributed by atoms with van der Waals surface area (Å²) in [5, 5.41) is 3.40. The predicted molar refractivity (Wildman–Crippen MR) is 78.9 cm³/mol. The van der Waals surface area contributed by atoms with Crippen LogP contribution in [-0.2, 0) is 15.6 Å². The molecule has 0 saturated carbocycles. The number of hydrogen-bond donors (Lipinski definition) is 1. The van der Waals surface area contributed by atoms with Crippen LogP contribution in [0.2, 0.25) is 0 Å². The normalized spacial score (nSPS) is 20.4. The van der Waals surface area contributed by atoms with Crippen molar-refractivity contribution in [2.45, 2.75) is 44.4 Å². The lowest BCUT2D eigenvalue weighted by Gasteiger charge is -2.23. The van der Waals surface area contributed by atoms with E-state index in [1.165, 1.54) is 12.8 Å². The smallest absolute Gasteiger partial charge is 0.154 e. The van der Waals surface area contributed by atoms with Crippen molar-refractivity contribution in [3.63, 3.8) is 0 Å². The van der Waals surface area contributed by atoms with E-state index < -0.39 is 9.84 Å². The van der Waals surface area contributed by atoms with Gasteiger partial charge in [-0.25, -0.2) is 8.42 Å². The summed E-state index contributed by atoms with van der Waals surface area (Å²) in [7, 11) is -2.99. The van der Waals surface area contributed by atoms with Gasteiger partial charge in [-0.1, -0.05) is 36.2 Å². The number of rotatable bonds is 5. The summed E-state index contributed by atoms with van der Waals surface area (Å²) in [5.74, 6) is 0.457. The first-order valence-corrected chi connectivity index (χ1v) is 8.87. The maximum absolute atomic E-state index is 12.1. The molecule has 1 fully saturated rings. The van der Waals surface area contributed by atoms with Crippen LogP contribution in [0, 0.1) is 6.92 Å². The molecule has 1 N–H and O–H groups in total. The topological polar surface area (TPSA) is 46.2 Å². The van der Waals surface area contributed by atoms with Gasteiger partial charge in [0, 0.05) is 6.04 Å². The van der Waals surface area contributed by atoms with E-state index >= 15 is 0 Å². The van der Waals surface area contributed by atoms with E-state index in [0.717, 1.165) is 30.5 Å². The average molecular weight is 281 g/mol. The Bertz CT molecular complexity index is 487. The maximum Gasteiger partial charge on any atom is 0.154 e. The average Bonchev–Trinajstić information content (AvgIpc) is 2.40. The third kappa shape index (κ3) is 4.96. The van der Waals surface area contributed by atoms with E-state index in [1.807, 2.05) is 31.2 Å². The molecule has 0 spiro atoms. The summed E-state index contributed by atoms with van der Waals surface area (Å²) in [4.78, 5) is 0. The van der Waals surface area contributed by atoms with Crippen LogP contribution in [0.5, 0.6) is 0 Å². The number of aryl methyl sites for hydroxylation is 1. The Morgan fingerprint density at radius 3 is 2.58 bits per heavy atom. The molecule has 1 aliphatic rings. The largest absolute Gasteiger partial charge is 0.314 e. The molecule has 2 rings (SSSR count). The van der Waals surface area contributed by atoms with E-state index in [-0.39, 0.29) is 5.75 Å². The van der Waals surface area contributed by atoms with Gasteiger partial charge in [-0.05, 0) is 38.3 Å². The summed E-state index contributed by atoms with van der Waals surface area (Å²) in [6.45, 7) is 3.04. The van der Waals surface area contributed by atoms with Gasteiger partial charge in [0.2, 0.25) is 0 Å². The molecule has 1 heterocycles. The highest BCUT2D eigenvalue weighted by atomic mass is 32.2. The van der Waals surface area contributed by atoms with E-state index in [2.05, 4.69) is 5.32 Å². The second kappa shape index (κ2) is 6.53. The summed E-state index contributed by atoms with van der Waals surface area (Å²) in [5.41, 5.74) is 2.05. The van der Waals surface area contributed by atoms with Crippen molar-refractivity contribution in [3.05, 3.63) is 35.4 Å². The molecule has 1 atom stereocenters. The number of sulfone groups is 1. The van der Waals surface area contributed by atoms with Crippen LogP contribution in [0.15, 0.2) is 24.3 Å². The molecule has 106 valence electrons. The summed E-state index contributed by atoms with van der Waals surface area (Å²) >= 11 is 0. The first-order valence-electron chi connectivity index (χ1n) is 7.04. The van der Waals surface area contributed by atoms with Crippen molar-refractivity contribution in [3.8, 4) is 0 Å². The SMILES string of the molecule is Cc1ccc(CS(=O)(=O)CCC2CCCCN2)cc1. The molecule has 0 amide bonds. The van der Waals surface area contributed by atoms with Gasteiger partial charge in [-0.3, -0.25) is 0 Å². The molecule has 1 aliphatic heterocycles. The fourth-order valence-corrected chi connectivity index (χ4v) is 3.99. The van der Waals surface area contributed by atoms with Crippen LogP contribution in [0.25, 0.3) is 0 Å². The van der Waals surface area contributed by atoms with Gasteiger partial charge in [-0.2, -0.15) is 0 Å². The van der Waals surface area contributed by atoms with Crippen LogP contribution in [0.3, 0.4) is 0 Å². The van der Waals surface area contributed by atoms with Crippen molar-refractivity contribution < 1.29 is 8.42 Å². The fourth-order valence-electron chi connectivity index (χ4n) is 2.50.